The van der Waals surface area contributed by atoms with Crippen molar-refractivity contribution in [3.05, 3.63) is 138 Å². The SMILES string of the molecule is CC.Nc1ccc(C(c2ccc(N)cc2)(c2ccc(O)cc2)P2(=O)Oc3ccccc3-c3ccccc32)cc1. The minimum Gasteiger partial charge on any atom is -0.508 e. The summed E-state index contributed by atoms with van der Waals surface area (Å²) in [5, 5.41) is 9.50. The Morgan fingerprint density at radius 3 is 1.59 bits per heavy atom. The second kappa shape index (κ2) is 10.4. The van der Waals surface area contributed by atoms with E-state index in [9.17, 15) is 5.11 Å². The van der Waals surface area contributed by atoms with Crippen molar-refractivity contribution >= 4 is 24.0 Å². The smallest absolute Gasteiger partial charge is 0.296 e. The number of phenols is 1. The molecule has 1 aliphatic rings. The average molecular weight is 535 g/mol. The molecule has 1 atom stereocenters. The van der Waals surface area contributed by atoms with Crippen molar-refractivity contribution in [3.63, 3.8) is 0 Å². The van der Waals surface area contributed by atoms with E-state index in [1.165, 1.54) is 0 Å². The number of anilines is 2. The van der Waals surface area contributed by atoms with E-state index < -0.39 is 12.5 Å². The van der Waals surface area contributed by atoms with Crippen LogP contribution in [-0.2, 0) is 9.72 Å². The molecule has 5 N–H and O–H groups in total. The Morgan fingerprint density at radius 2 is 1.05 bits per heavy atom. The summed E-state index contributed by atoms with van der Waals surface area (Å²) in [6.07, 6.45) is 0. The molecule has 5 aromatic rings. The van der Waals surface area contributed by atoms with Crippen LogP contribution < -0.4 is 21.3 Å². The number of rotatable bonds is 4. The third-order valence-corrected chi connectivity index (χ3v) is 10.1. The third kappa shape index (κ3) is 4.16. The van der Waals surface area contributed by atoms with Gasteiger partial charge in [-0.05, 0) is 70.8 Å². The first-order chi connectivity index (χ1) is 18.9. The highest BCUT2D eigenvalue weighted by atomic mass is 31.2. The van der Waals surface area contributed by atoms with Crippen LogP contribution in [0.15, 0.2) is 121 Å². The van der Waals surface area contributed by atoms with Crippen LogP contribution in [0.1, 0.15) is 30.5 Å². The van der Waals surface area contributed by atoms with Crippen molar-refractivity contribution < 1.29 is 14.2 Å². The quantitative estimate of drug-likeness (QED) is 0.126. The summed E-state index contributed by atoms with van der Waals surface area (Å²) in [7, 11) is -3.85. The van der Waals surface area contributed by atoms with Crippen LogP contribution in [0.25, 0.3) is 11.1 Å². The summed E-state index contributed by atoms with van der Waals surface area (Å²) in [6.45, 7) is 4.00. The van der Waals surface area contributed by atoms with Gasteiger partial charge in [-0.1, -0.05) is 86.6 Å². The van der Waals surface area contributed by atoms with Gasteiger partial charge in [-0.25, -0.2) is 0 Å². The molecule has 0 radical (unpaired) electrons. The highest BCUT2D eigenvalue weighted by Crippen LogP contribution is 2.71. The Bertz CT molecular complexity index is 1540. The molecule has 5 aromatic carbocycles. The zero-order valence-electron chi connectivity index (χ0n) is 21.9. The molecule has 0 saturated carbocycles. The Hall–Kier alpha value is -4.47. The van der Waals surface area contributed by atoms with E-state index in [1.807, 2.05) is 86.6 Å². The van der Waals surface area contributed by atoms with Crippen molar-refractivity contribution in [2.75, 3.05) is 11.5 Å². The maximum atomic E-state index is 15.9. The molecular formula is C33H31N2O3P. The monoisotopic (exact) mass is 534 g/mol. The molecule has 0 bridgehead atoms. The average Bonchev–Trinajstić information content (AvgIpc) is 2.97. The van der Waals surface area contributed by atoms with Crippen LogP contribution in [0.3, 0.4) is 0 Å². The number of aromatic hydroxyl groups is 1. The van der Waals surface area contributed by atoms with Crippen LogP contribution in [0, 0.1) is 0 Å². The van der Waals surface area contributed by atoms with Crippen molar-refractivity contribution in [1.82, 2.24) is 0 Å². The lowest BCUT2D eigenvalue weighted by atomic mass is 9.83. The largest absolute Gasteiger partial charge is 0.508 e. The van der Waals surface area contributed by atoms with Crippen molar-refractivity contribution in [1.29, 1.82) is 0 Å². The van der Waals surface area contributed by atoms with Gasteiger partial charge in [0.25, 0.3) is 7.37 Å². The number of fused-ring (bicyclic) bond motifs is 3. The lowest BCUT2D eigenvalue weighted by molar-refractivity contribution is 0.466. The fourth-order valence-electron chi connectivity index (χ4n) is 5.32. The van der Waals surface area contributed by atoms with E-state index in [0.29, 0.717) is 28.0 Å². The minimum atomic E-state index is -3.85. The van der Waals surface area contributed by atoms with Crippen LogP contribution >= 0.6 is 7.37 Å². The molecule has 39 heavy (non-hydrogen) atoms. The predicted octanol–water partition coefficient (Wildman–Crippen LogP) is 7.54. The van der Waals surface area contributed by atoms with E-state index >= 15 is 4.57 Å². The standard InChI is InChI=1S/C31H25N2O3P.C2H6/c32-24-15-9-21(10-16-24)31(22-11-17-25(33)18-12-22,23-13-19-26(34)20-14-23)37(35)30-8-4-2-6-28(30)27-5-1-3-7-29(27)36-37;1-2/h1-20,34H,32-33H2;1-2H3. The second-order valence-electron chi connectivity index (χ2n) is 9.16. The van der Waals surface area contributed by atoms with Gasteiger partial charge in [0.05, 0.1) is 5.30 Å². The molecule has 0 aromatic heterocycles. The number of para-hydroxylation sites is 1. The first-order valence-electron chi connectivity index (χ1n) is 12.9. The van der Waals surface area contributed by atoms with Gasteiger partial charge in [0.1, 0.15) is 16.7 Å². The van der Waals surface area contributed by atoms with Gasteiger partial charge in [-0.2, -0.15) is 0 Å². The zero-order valence-corrected chi connectivity index (χ0v) is 22.8. The lowest BCUT2D eigenvalue weighted by Gasteiger charge is -2.44. The number of nitrogens with two attached hydrogens (primary N) is 2. The molecule has 0 saturated heterocycles. The summed E-state index contributed by atoms with van der Waals surface area (Å²) in [5.41, 5.74) is 17.3. The lowest BCUT2D eigenvalue weighted by Crippen LogP contribution is -2.38. The van der Waals surface area contributed by atoms with Crippen LogP contribution in [-0.4, -0.2) is 5.11 Å². The van der Waals surface area contributed by atoms with Gasteiger partial charge >= 0.3 is 0 Å². The van der Waals surface area contributed by atoms with Crippen molar-refractivity contribution in [2.45, 2.75) is 19.0 Å². The first-order valence-corrected chi connectivity index (χ1v) is 14.6. The van der Waals surface area contributed by atoms with E-state index in [1.54, 1.807) is 48.5 Å². The molecule has 5 nitrogen and oxygen atoms in total. The van der Waals surface area contributed by atoms with E-state index in [2.05, 4.69) is 0 Å². The van der Waals surface area contributed by atoms with Crippen molar-refractivity contribution in [3.8, 4) is 22.6 Å². The zero-order chi connectivity index (χ0) is 27.6. The first kappa shape index (κ1) is 26.1. The highest BCUT2D eigenvalue weighted by Gasteiger charge is 2.57. The minimum absolute atomic E-state index is 0.112. The summed E-state index contributed by atoms with van der Waals surface area (Å²) < 4.78 is 22.6. The number of benzene rings is 5. The Morgan fingerprint density at radius 1 is 0.615 bits per heavy atom. The number of nitrogen functional groups attached to an aromatic ring is 2. The third-order valence-electron chi connectivity index (χ3n) is 7.01. The molecular weight excluding hydrogens is 503 g/mol. The molecule has 0 spiro atoms. The summed E-state index contributed by atoms with van der Waals surface area (Å²) in [4.78, 5) is 0. The van der Waals surface area contributed by atoms with Crippen LogP contribution in [0.5, 0.6) is 11.5 Å². The maximum absolute atomic E-state index is 15.9. The molecule has 6 rings (SSSR count). The second-order valence-corrected chi connectivity index (χ2v) is 11.6. The Balaban J connectivity index is 0.00000151. The topological polar surface area (TPSA) is 98.6 Å². The molecule has 0 fully saturated rings. The summed E-state index contributed by atoms with van der Waals surface area (Å²) in [6, 6.07) is 37.0. The summed E-state index contributed by atoms with van der Waals surface area (Å²) in [5.74, 6) is 0.666. The normalized spacial score (nSPS) is 15.6. The van der Waals surface area contributed by atoms with Crippen molar-refractivity contribution in [2.24, 2.45) is 0 Å². The fraction of sp³-hybridized carbons (Fsp3) is 0.0909. The molecule has 6 heteroatoms. The molecule has 0 amide bonds. The van der Waals surface area contributed by atoms with E-state index in [4.69, 9.17) is 16.0 Å². The van der Waals surface area contributed by atoms with Gasteiger partial charge in [0.2, 0.25) is 0 Å². The van der Waals surface area contributed by atoms with Gasteiger partial charge in [-0.3, -0.25) is 4.57 Å². The fourth-order valence-corrected chi connectivity index (χ4v) is 8.62. The predicted molar refractivity (Wildman–Crippen MR) is 161 cm³/mol. The number of hydrogen-bond donors (Lipinski definition) is 3. The Labute approximate surface area is 229 Å². The molecule has 1 heterocycles. The molecule has 196 valence electrons. The van der Waals surface area contributed by atoms with Gasteiger partial charge in [0.15, 0.2) is 0 Å². The number of hydrogen-bond acceptors (Lipinski definition) is 5. The van der Waals surface area contributed by atoms with Gasteiger partial charge in [-0.15, -0.1) is 0 Å². The van der Waals surface area contributed by atoms with Crippen LogP contribution in [0.4, 0.5) is 11.4 Å². The van der Waals surface area contributed by atoms with E-state index in [0.717, 1.165) is 22.3 Å². The number of phenolic OH excluding ortho intramolecular Hbond substituents is 1. The maximum Gasteiger partial charge on any atom is 0.296 e. The molecule has 1 aliphatic heterocycles. The van der Waals surface area contributed by atoms with Crippen LogP contribution in [0.2, 0.25) is 0 Å². The molecule has 0 aliphatic carbocycles. The van der Waals surface area contributed by atoms with Gasteiger partial charge in [0, 0.05) is 16.9 Å². The van der Waals surface area contributed by atoms with Gasteiger partial charge < -0.3 is 21.1 Å². The summed E-state index contributed by atoms with van der Waals surface area (Å²) >= 11 is 0. The highest BCUT2D eigenvalue weighted by molar-refractivity contribution is 7.69. The molecule has 1 unspecified atom stereocenters. The Kier molecular flexibility index (Phi) is 6.94. The van der Waals surface area contributed by atoms with E-state index in [-0.39, 0.29) is 5.75 Å².